The van der Waals surface area contributed by atoms with Crippen molar-refractivity contribution in [1.82, 2.24) is 4.68 Å². The fraction of sp³-hybridized carbons (Fsp3) is 0.368. The van der Waals surface area contributed by atoms with Crippen LogP contribution in [0.15, 0.2) is 46.3 Å². The molecule has 0 aliphatic heterocycles. The van der Waals surface area contributed by atoms with Crippen molar-refractivity contribution >= 4 is 12.0 Å². The van der Waals surface area contributed by atoms with Crippen LogP contribution < -0.4 is 16.0 Å². The number of nitrogens with two attached hydrogens (primary N) is 1. The molecular weight excluding hydrogens is 302 g/mol. The molecule has 0 saturated carbocycles. The number of pyridine rings is 1. The first kappa shape index (κ1) is 17.8. The molecule has 0 aliphatic carbocycles. The molecule has 0 fully saturated rings. The van der Waals surface area contributed by atoms with Gasteiger partial charge in [-0.3, -0.25) is 4.79 Å². The predicted octanol–water partition coefficient (Wildman–Crippen LogP) is 3.58. The quantitative estimate of drug-likeness (QED) is 0.595. The van der Waals surface area contributed by atoms with Crippen LogP contribution in [0.1, 0.15) is 43.7 Å². The van der Waals surface area contributed by atoms with Crippen LogP contribution in [-0.4, -0.2) is 17.5 Å². The third-order valence-electron chi connectivity index (χ3n) is 3.65. The molecule has 1 aromatic heterocycles. The molecular formula is C19H25N3O2. The monoisotopic (exact) mass is 327 g/mol. The standard InChI is InChI=1S/C19H25N3O2/c1-3-4-5-6-11-24-17-9-7-16(8-10-17)14-21-22-18(20)12-15(2)13-19(22)23/h7-10,12-14H,3-6,11,20H2,1-2H3/b21-14-. The lowest BCUT2D eigenvalue weighted by atomic mass is 10.2. The van der Waals surface area contributed by atoms with Crippen molar-refractivity contribution in [2.75, 3.05) is 12.3 Å². The van der Waals surface area contributed by atoms with Gasteiger partial charge in [-0.05, 0) is 54.8 Å². The van der Waals surface area contributed by atoms with E-state index in [2.05, 4.69) is 12.0 Å². The predicted molar refractivity (Wildman–Crippen MR) is 98.9 cm³/mol. The van der Waals surface area contributed by atoms with Crippen molar-refractivity contribution < 1.29 is 4.74 Å². The van der Waals surface area contributed by atoms with E-state index < -0.39 is 0 Å². The average molecular weight is 327 g/mol. The Labute approximate surface area is 142 Å². The number of anilines is 1. The van der Waals surface area contributed by atoms with E-state index >= 15 is 0 Å². The molecule has 5 nitrogen and oxygen atoms in total. The molecule has 5 heteroatoms. The van der Waals surface area contributed by atoms with E-state index in [4.69, 9.17) is 10.5 Å². The zero-order chi connectivity index (χ0) is 17.4. The van der Waals surface area contributed by atoms with Gasteiger partial charge < -0.3 is 10.5 Å². The molecule has 0 bridgehead atoms. The second-order valence-electron chi connectivity index (χ2n) is 5.83. The maximum absolute atomic E-state index is 11.9. The molecule has 0 saturated heterocycles. The van der Waals surface area contributed by atoms with Crippen molar-refractivity contribution in [1.29, 1.82) is 0 Å². The number of rotatable bonds is 8. The summed E-state index contributed by atoms with van der Waals surface area (Å²) in [6.07, 6.45) is 6.36. The molecule has 128 valence electrons. The number of hydrogen-bond donors (Lipinski definition) is 1. The van der Waals surface area contributed by atoms with Gasteiger partial charge in [0.25, 0.3) is 5.56 Å². The highest BCUT2D eigenvalue weighted by Gasteiger charge is 2.00. The Morgan fingerprint density at radius 3 is 2.58 bits per heavy atom. The van der Waals surface area contributed by atoms with Gasteiger partial charge >= 0.3 is 0 Å². The van der Waals surface area contributed by atoms with Gasteiger partial charge in [0.15, 0.2) is 0 Å². The second kappa shape index (κ2) is 8.91. The summed E-state index contributed by atoms with van der Waals surface area (Å²) in [6, 6.07) is 10.8. The molecule has 1 heterocycles. The Hall–Kier alpha value is -2.56. The Morgan fingerprint density at radius 1 is 1.17 bits per heavy atom. The van der Waals surface area contributed by atoms with Crippen LogP contribution in [0.3, 0.4) is 0 Å². The van der Waals surface area contributed by atoms with Crippen LogP contribution in [0, 0.1) is 6.92 Å². The topological polar surface area (TPSA) is 69.6 Å². The molecule has 0 unspecified atom stereocenters. The average Bonchev–Trinajstić information content (AvgIpc) is 2.55. The van der Waals surface area contributed by atoms with Gasteiger partial charge in [0.05, 0.1) is 12.8 Å². The minimum atomic E-state index is -0.240. The van der Waals surface area contributed by atoms with Crippen LogP contribution in [-0.2, 0) is 0 Å². The van der Waals surface area contributed by atoms with Crippen LogP contribution in [0.5, 0.6) is 5.75 Å². The Kier molecular flexibility index (Phi) is 6.61. The number of ether oxygens (including phenoxy) is 1. The lowest BCUT2D eigenvalue weighted by Crippen LogP contribution is -2.19. The van der Waals surface area contributed by atoms with Crippen molar-refractivity contribution in [3.05, 3.63) is 57.9 Å². The van der Waals surface area contributed by atoms with Crippen LogP contribution in [0.4, 0.5) is 5.82 Å². The van der Waals surface area contributed by atoms with Gasteiger partial charge in [-0.2, -0.15) is 9.78 Å². The van der Waals surface area contributed by atoms with E-state index in [1.165, 1.54) is 30.0 Å². The largest absolute Gasteiger partial charge is 0.494 e. The summed E-state index contributed by atoms with van der Waals surface area (Å²) in [4.78, 5) is 11.9. The van der Waals surface area contributed by atoms with E-state index in [-0.39, 0.29) is 5.56 Å². The summed E-state index contributed by atoms with van der Waals surface area (Å²) in [7, 11) is 0. The lowest BCUT2D eigenvalue weighted by Gasteiger charge is -2.06. The van der Waals surface area contributed by atoms with Crippen LogP contribution >= 0.6 is 0 Å². The fourth-order valence-corrected chi connectivity index (χ4v) is 2.34. The third-order valence-corrected chi connectivity index (χ3v) is 3.65. The van der Waals surface area contributed by atoms with Crippen LogP contribution in [0.25, 0.3) is 0 Å². The van der Waals surface area contributed by atoms with Crippen molar-refractivity contribution in [2.24, 2.45) is 5.10 Å². The summed E-state index contributed by atoms with van der Waals surface area (Å²) in [5.41, 5.74) is 7.29. The SMILES string of the molecule is CCCCCCOc1ccc(/C=N\n2c(N)cc(C)cc2=O)cc1. The maximum Gasteiger partial charge on any atom is 0.273 e. The van der Waals surface area contributed by atoms with E-state index in [1.54, 1.807) is 12.3 Å². The molecule has 1 aromatic carbocycles. The third kappa shape index (κ3) is 5.26. The molecule has 0 aliphatic rings. The van der Waals surface area contributed by atoms with Gasteiger partial charge in [-0.1, -0.05) is 26.2 Å². The summed E-state index contributed by atoms with van der Waals surface area (Å²) in [5.74, 6) is 1.17. The Balaban J connectivity index is 1.95. The second-order valence-corrected chi connectivity index (χ2v) is 5.83. The molecule has 2 aromatic rings. The number of benzene rings is 1. The number of unbranched alkanes of at least 4 members (excludes halogenated alkanes) is 3. The smallest absolute Gasteiger partial charge is 0.273 e. The highest BCUT2D eigenvalue weighted by Crippen LogP contribution is 2.12. The van der Waals surface area contributed by atoms with E-state index in [0.717, 1.165) is 29.9 Å². The fourth-order valence-electron chi connectivity index (χ4n) is 2.34. The molecule has 24 heavy (non-hydrogen) atoms. The highest BCUT2D eigenvalue weighted by molar-refractivity contribution is 5.79. The summed E-state index contributed by atoms with van der Waals surface area (Å²) in [6.45, 7) is 4.76. The summed E-state index contributed by atoms with van der Waals surface area (Å²) >= 11 is 0. The lowest BCUT2D eigenvalue weighted by molar-refractivity contribution is 0.305. The number of nitrogen functional groups attached to an aromatic ring is 1. The van der Waals surface area contributed by atoms with Gasteiger partial charge in [0, 0.05) is 6.07 Å². The van der Waals surface area contributed by atoms with E-state index in [1.807, 2.05) is 31.2 Å². The minimum absolute atomic E-state index is 0.240. The first-order chi connectivity index (χ1) is 11.6. The van der Waals surface area contributed by atoms with Crippen molar-refractivity contribution in [2.45, 2.75) is 39.5 Å². The normalized spacial score (nSPS) is 11.1. The van der Waals surface area contributed by atoms with E-state index in [0.29, 0.717) is 5.82 Å². The van der Waals surface area contributed by atoms with Gasteiger partial charge in [0.2, 0.25) is 0 Å². The van der Waals surface area contributed by atoms with Gasteiger partial charge in [-0.25, -0.2) is 0 Å². The molecule has 0 atom stereocenters. The zero-order valence-corrected chi connectivity index (χ0v) is 14.4. The van der Waals surface area contributed by atoms with Crippen LogP contribution in [0.2, 0.25) is 0 Å². The summed E-state index contributed by atoms with van der Waals surface area (Å²) in [5, 5.41) is 4.16. The van der Waals surface area contributed by atoms with Crippen molar-refractivity contribution in [3.63, 3.8) is 0 Å². The maximum atomic E-state index is 11.9. The first-order valence-electron chi connectivity index (χ1n) is 8.36. The molecule has 2 N–H and O–H groups in total. The summed E-state index contributed by atoms with van der Waals surface area (Å²) < 4.78 is 6.89. The molecule has 0 radical (unpaired) electrons. The zero-order valence-electron chi connectivity index (χ0n) is 14.4. The molecule has 0 amide bonds. The van der Waals surface area contributed by atoms with E-state index in [9.17, 15) is 4.79 Å². The number of hydrogen-bond acceptors (Lipinski definition) is 4. The number of aromatic nitrogens is 1. The Bertz CT molecular complexity index is 733. The number of aryl methyl sites for hydroxylation is 1. The van der Waals surface area contributed by atoms with Gasteiger partial charge in [-0.15, -0.1) is 0 Å². The van der Waals surface area contributed by atoms with Crippen molar-refractivity contribution in [3.8, 4) is 5.75 Å². The highest BCUT2D eigenvalue weighted by atomic mass is 16.5. The minimum Gasteiger partial charge on any atom is -0.494 e. The van der Waals surface area contributed by atoms with Gasteiger partial charge in [0.1, 0.15) is 11.6 Å². The molecule has 0 spiro atoms. The Morgan fingerprint density at radius 2 is 1.92 bits per heavy atom. The molecule has 2 rings (SSSR count). The first-order valence-corrected chi connectivity index (χ1v) is 8.36. The number of nitrogens with zero attached hydrogens (tertiary/aromatic N) is 2.